The molecule has 20 heavy (non-hydrogen) atoms. The summed E-state index contributed by atoms with van der Waals surface area (Å²) in [4.78, 5) is 14.1. The summed E-state index contributed by atoms with van der Waals surface area (Å²) in [6, 6.07) is 11.4. The van der Waals surface area contributed by atoms with E-state index in [0.29, 0.717) is 12.5 Å². The molecule has 4 nitrogen and oxygen atoms in total. The molecule has 4 heteroatoms. The molecule has 1 heterocycles. The van der Waals surface area contributed by atoms with E-state index in [1.807, 2.05) is 30.3 Å². The summed E-state index contributed by atoms with van der Waals surface area (Å²) in [6.07, 6.45) is 1.97. The highest BCUT2D eigenvalue weighted by Gasteiger charge is 2.25. The largest absolute Gasteiger partial charge is 0.381 e. The molecule has 1 fully saturated rings. The van der Waals surface area contributed by atoms with Crippen LogP contribution >= 0.6 is 0 Å². The molecule has 1 saturated heterocycles. The van der Waals surface area contributed by atoms with Crippen LogP contribution in [0.5, 0.6) is 0 Å². The van der Waals surface area contributed by atoms with Gasteiger partial charge in [-0.15, -0.1) is 0 Å². The van der Waals surface area contributed by atoms with Crippen LogP contribution in [0.2, 0.25) is 0 Å². The van der Waals surface area contributed by atoms with Crippen molar-refractivity contribution in [2.75, 3.05) is 26.8 Å². The van der Waals surface area contributed by atoms with Gasteiger partial charge in [-0.2, -0.15) is 5.26 Å². The number of likely N-dealkylation sites (N-methyl/N-ethyl adjacent to an activating group) is 1. The van der Waals surface area contributed by atoms with E-state index in [0.717, 1.165) is 31.6 Å². The molecular formula is C16H20N2O2. The molecular weight excluding hydrogens is 252 g/mol. The van der Waals surface area contributed by atoms with Crippen LogP contribution in [-0.4, -0.2) is 37.6 Å². The third-order valence-corrected chi connectivity index (χ3v) is 3.76. The Kier molecular flexibility index (Phi) is 5.14. The molecule has 0 radical (unpaired) electrons. The van der Waals surface area contributed by atoms with Gasteiger partial charge in [0.05, 0.1) is 6.07 Å². The van der Waals surface area contributed by atoms with Gasteiger partial charge in [0.2, 0.25) is 5.91 Å². The normalized spacial score (nSPS) is 17.2. The lowest BCUT2D eigenvalue weighted by atomic mass is 9.96. The Hall–Kier alpha value is -1.86. The van der Waals surface area contributed by atoms with E-state index in [-0.39, 0.29) is 5.91 Å². The van der Waals surface area contributed by atoms with Crippen LogP contribution in [0.1, 0.15) is 24.3 Å². The maximum atomic E-state index is 12.4. The number of nitrogens with zero attached hydrogens (tertiary/aromatic N) is 2. The molecule has 1 aromatic carbocycles. The summed E-state index contributed by atoms with van der Waals surface area (Å²) >= 11 is 0. The van der Waals surface area contributed by atoms with Gasteiger partial charge in [-0.3, -0.25) is 4.79 Å². The monoisotopic (exact) mass is 272 g/mol. The van der Waals surface area contributed by atoms with Crippen LogP contribution in [0.4, 0.5) is 0 Å². The summed E-state index contributed by atoms with van der Waals surface area (Å²) in [5.74, 6) is -0.348. The molecule has 1 aliphatic rings. The standard InChI is InChI=1S/C16H20N2O2/c1-18(12-13-7-9-20-10-8-13)16(19)15(11-17)14-5-3-2-4-6-14/h2-6,13,15H,7-10,12H2,1H3. The SMILES string of the molecule is CN(CC1CCOCC1)C(=O)C(C#N)c1ccccc1. The first-order valence-electron chi connectivity index (χ1n) is 6.99. The first-order chi connectivity index (χ1) is 9.72. The summed E-state index contributed by atoms with van der Waals surface area (Å²) in [7, 11) is 1.78. The minimum Gasteiger partial charge on any atom is -0.381 e. The zero-order valence-corrected chi connectivity index (χ0v) is 11.8. The molecule has 1 aliphatic heterocycles. The Morgan fingerprint density at radius 3 is 2.65 bits per heavy atom. The van der Waals surface area contributed by atoms with Gasteiger partial charge >= 0.3 is 0 Å². The van der Waals surface area contributed by atoms with Crippen LogP contribution in [0, 0.1) is 17.2 Å². The van der Waals surface area contributed by atoms with Crippen LogP contribution < -0.4 is 0 Å². The summed E-state index contributed by atoms with van der Waals surface area (Å²) < 4.78 is 5.32. The van der Waals surface area contributed by atoms with E-state index in [9.17, 15) is 10.1 Å². The van der Waals surface area contributed by atoms with Gasteiger partial charge < -0.3 is 9.64 Å². The average molecular weight is 272 g/mol. The van der Waals surface area contributed by atoms with Crippen LogP contribution in [0.25, 0.3) is 0 Å². The predicted octanol–water partition coefficient (Wildman–Crippen LogP) is 2.18. The Morgan fingerprint density at radius 1 is 1.40 bits per heavy atom. The van der Waals surface area contributed by atoms with E-state index >= 15 is 0 Å². The van der Waals surface area contributed by atoms with E-state index in [2.05, 4.69) is 6.07 Å². The third kappa shape index (κ3) is 3.58. The van der Waals surface area contributed by atoms with Gasteiger partial charge in [-0.05, 0) is 24.3 Å². The fourth-order valence-corrected chi connectivity index (χ4v) is 2.54. The molecule has 106 valence electrons. The number of carbonyl (C=O) groups is 1. The fraction of sp³-hybridized carbons (Fsp3) is 0.500. The third-order valence-electron chi connectivity index (χ3n) is 3.76. The second-order valence-electron chi connectivity index (χ2n) is 5.25. The maximum Gasteiger partial charge on any atom is 0.244 e. The Morgan fingerprint density at radius 2 is 2.05 bits per heavy atom. The highest BCUT2D eigenvalue weighted by atomic mass is 16.5. The lowest BCUT2D eigenvalue weighted by Crippen LogP contribution is -2.36. The molecule has 0 aromatic heterocycles. The van der Waals surface area contributed by atoms with Crippen molar-refractivity contribution in [2.45, 2.75) is 18.8 Å². The van der Waals surface area contributed by atoms with Gasteiger partial charge in [0.1, 0.15) is 5.92 Å². The van der Waals surface area contributed by atoms with Crippen molar-refractivity contribution >= 4 is 5.91 Å². The summed E-state index contributed by atoms with van der Waals surface area (Å²) in [5.41, 5.74) is 0.763. The van der Waals surface area contributed by atoms with E-state index in [1.54, 1.807) is 11.9 Å². The minimum atomic E-state index is -0.707. The Labute approximate surface area is 120 Å². The van der Waals surface area contributed by atoms with Gasteiger partial charge in [0.15, 0.2) is 0 Å². The van der Waals surface area contributed by atoms with Crippen LogP contribution in [-0.2, 0) is 9.53 Å². The van der Waals surface area contributed by atoms with Crippen LogP contribution in [0.3, 0.4) is 0 Å². The number of benzene rings is 1. The van der Waals surface area contributed by atoms with E-state index in [1.165, 1.54) is 0 Å². The molecule has 1 aromatic rings. The average Bonchev–Trinajstić information content (AvgIpc) is 2.50. The van der Waals surface area contributed by atoms with Crippen molar-refractivity contribution in [2.24, 2.45) is 5.92 Å². The first-order valence-corrected chi connectivity index (χ1v) is 6.99. The van der Waals surface area contributed by atoms with Crippen molar-refractivity contribution in [3.63, 3.8) is 0 Å². The summed E-state index contributed by atoms with van der Waals surface area (Å²) in [6.45, 7) is 2.24. The molecule has 0 saturated carbocycles. The molecule has 1 unspecified atom stereocenters. The molecule has 0 aliphatic carbocycles. The number of nitriles is 1. The van der Waals surface area contributed by atoms with Gasteiger partial charge in [0, 0.05) is 26.8 Å². The maximum absolute atomic E-state index is 12.4. The van der Waals surface area contributed by atoms with Gasteiger partial charge in [-0.1, -0.05) is 30.3 Å². The molecule has 1 amide bonds. The minimum absolute atomic E-state index is 0.120. The van der Waals surface area contributed by atoms with E-state index in [4.69, 9.17) is 4.74 Å². The van der Waals surface area contributed by atoms with E-state index < -0.39 is 5.92 Å². The molecule has 0 N–H and O–H groups in total. The molecule has 0 spiro atoms. The lowest BCUT2D eigenvalue weighted by Gasteiger charge is -2.28. The zero-order chi connectivity index (χ0) is 14.4. The smallest absolute Gasteiger partial charge is 0.244 e. The van der Waals surface area contributed by atoms with Crippen molar-refractivity contribution in [3.8, 4) is 6.07 Å². The number of amides is 1. The van der Waals surface area contributed by atoms with Crippen molar-refractivity contribution < 1.29 is 9.53 Å². The number of hydrogen-bond donors (Lipinski definition) is 0. The Balaban J connectivity index is 1.99. The second-order valence-corrected chi connectivity index (χ2v) is 5.25. The van der Waals surface area contributed by atoms with Gasteiger partial charge in [0.25, 0.3) is 0 Å². The van der Waals surface area contributed by atoms with Crippen molar-refractivity contribution in [1.82, 2.24) is 4.90 Å². The lowest BCUT2D eigenvalue weighted by molar-refractivity contribution is -0.131. The molecule has 0 bridgehead atoms. The number of rotatable bonds is 4. The molecule has 2 rings (SSSR count). The highest BCUT2D eigenvalue weighted by Crippen LogP contribution is 2.20. The number of hydrogen-bond acceptors (Lipinski definition) is 3. The zero-order valence-electron chi connectivity index (χ0n) is 11.8. The number of carbonyl (C=O) groups excluding carboxylic acids is 1. The second kappa shape index (κ2) is 7.06. The van der Waals surface area contributed by atoms with Crippen LogP contribution in [0.15, 0.2) is 30.3 Å². The van der Waals surface area contributed by atoms with Gasteiger partial charge in [-0.25, -0.2) is 0 Å². The summed E-state index contributed by atoms with van der Waals surface area (Å²) in [5, 5.41) is 9.29. The van der Waals surface area contributed by atoms with Crippen molar-refractivity contribution in [1.29, 1.82) is 5.26 Å². The fourth-order valence-electron chi connectivity index (χ4n) is 2.54. The molecule has 1 atom stereocenters. The number of ether oxygens (including phenoxy) is 1. The predicted molar refractivity (Wildman–Crippen MR) is 76.0 cm³/mol. The highest BCUT2D eigenvalue weighted by molar-refractivity contribution is 5.86. The first kappa shape index (κ1) is 14.5. The topological polar surface area (TPSA) is 53.3 Å². The van der Waals surface area contributed by atoms with Crippen molar-refractivity contribution in [3.05, 3.63) is 35.9 Å². The quantitative estimate of drug-likeness (QED) is 0.844. The Bertz CT molecular complexity index is 475.